The fourth-order valence-corrected chi connectivity index (χ4v) is 2.13. The first-order valence-electron chi connectivity index (χ1n) is 7.29. The van der Waals surface area contributed by atoms with Crippen molar-refractivity contribution < 1.29 is 0 Å². The van der Waals surface area contributed by atoms with E-state index in [1.165, 1.54) is 69.5 Å². The Balaban J connectivity index is 3.11. The van der Waals surface area contributed by atoms with E-state index < -0.39 is 0 Å². The van der Waals surface area contributed by atoms with Crippen LogP contribution in [0.2, 0.25) is 0 Å². The predicted octanol–water partition coefficient (Wildman–Crippen LogP) is 6.41. The Labute approximate surface area is 117 Å². The molecule has 0 rings (SSSR count). The molecule has 0 radical (unpaired) electrons. The molecule has 0 aromatic carbocycles. The van der Waals surface area contributed by atoms with Crippen LogP contribution in [0.4, 0.5) is 0 Å². The van der Waals surface area contributed by atoms with Gasteiger partial charge in [0.1, 0.15) is 0 Å². The lowest BCUT2D eigenvalue weighted by molar-refractivity contribution is 0.614. The van der Waals surface area contributed by atoms with Crippen LogP contribution in [0, 0.1) is 0 Å². The first kappa shape index (κ1) is 17.0. The van der Waals surface area contributed by atoms with Crippen LogP contribution in [0.3, 0.4) is 0 Å². The second-order valence-electron chi connectivity index (χ2n) is 4.60. The van der Waals surface area contributed by atoms with Crippen LogP contribution in [-0.4, -0.2) is 5.33 Å². The smallest absolute Gasteiger partial charge is 0.00313 e. The average Bonchev–Trinajstić information content (AvgIpc) is 2.35. The Morgan fingerprint density at radius 2 is 1.24 bits per heavy atom. The van der Waals surface area contributed by atoms with Crippen LogP contribution < -0.4 is 0 Å². The molecule has 0 heterocycles. The van der Waals surface area contributed by atoms with E-state index in [0.29, 0.717) is 0 Å². The highest BCUT2D eigenvalue weighted by Crippen LogP contribution is 2.08. The standard InChI is InChI=1S/C16H29Br/c1-2-3-4-5-6-7-8-9-10-11-12-13-14-15-16-17/h5-8H,2-4,9-16H2,1H3/b6-5-,8-7-. The molecule has 0 atom stereocenters. The van der Waals surface area contributed by atoms with E-state index in [9.17, 15) is 0 Å². The summed E-state index contributed by atoms with van der Waals surface area (Å²) >= 11 is 3.47. The highest BCUT2D eigenvalue weighted by Gasteiger charge is 1.89. The second kappa shape index (κ2) is 16.0. The lowest BCUT2D eigenvalue weighted by Crippen LogP contribution is -1.79. The van der Waals surface area contributed by atoms with Gasteiger partial charge < -0.3 is 0 Å². The number of rotatable bonds is 12. The number of alkyl halides is 1. The number of halogens is 1. The van der Waals surface area contributed by atoms with Gasteiger partial charge in [0, 0.05) is 5.33 Å². The van der Waals surface area contributed by atoms with Gasteiger partial charge >= 0.3 is 0 Å². The van der Waals surface area contributed by atoms with Gasteiger partial charge in [0.25, 0.3) is 0 Å². The summed E-state index contributed by atoms with van der Waals surface area (Å²) in [6, 6.07) is 0. The third kappa shape index (κ3) is 16.0. The number of allylic oxidation sites excluding steroid dienone is 4. The Bertz CT molecular complexity index is 182. The molecule has 0 aliphatic carbocycles. The van der Waals surface area contributed by atoms with Crippen molar-refractivity contribution in [2.75, 3.05) is 5.33 Å². The lowest BCUT2D eigenvalue weighted by atomic mass is 10.1. The summed E-state index contributed by atoms with van der Waals surface area (Å²) < 4.78 is 0. The van der Waals surface area contributed by atoms with Crippen molar-refractivity contribution in [2.24, 2.45) is 0 Å². The van der Waals surface area contributed by atoms with E-state index in [0.717, 1.165) is 0 Å². The molecule has 0 fully saturated rings. The van der Waals surface area contributed by atoms with Gasteiger partial charge in [-0.15, -0.1) is 0 Å². The Morgan fingerprint density at radius 1 is 0.706 bits per heavy atom. The molecule has 100 valence electrons. The maximum atomic E-state index is 3.47. The molecule has 0 aromatic rings. The highest BCUT2D eigenvalue weighted by atomic mass is 79.9. The van der Waals surface area contributed by atoms with E-state index in [4.69, 9.17) is 0 Å². The summed E-state index contributed by atoms with van der Waals surface area (Å²) in [6.45, 7) is 2.24. The van der Waals surface area contributed by atoms with Crippen molar-refractivity contribution >= 4 is 15.9 Å². The monoisotopic (exact) mass is 300 g/mol. The minimum absolute atomic E-state index is 1.17. The van der Waals surface area contributed by atoms with E-state index >= 15 is 0 Å². The van der Waals surface area contributed by atoms with E-state index in [2.05, 4.69) is 47.2 Å². The predicted molar refractivity (Wildman–Crippen MR) is 83.9 cm³/mol. The van der Waals surface area contributed by atoms with Gasteiger partial charge in [-0.05, 0) is 25.7 Å². The minimum Gasteiger partial charge on any atom is -0.0928 e. The maximum Gasteiger partial charge on any atom is 0.00313 e. The zero-order chi connectivity index (χ0) is 12.6. The zero-order valence-corrected chi connectivity index (χ0v) is 13.1. The lowest BCUT2D eigenvalue weighted by Gasteiger charge is -1.98. The molecule has 0 bridgehead atoms. The van der Waals surface area contributed by atoms with Crippen molar-refractivity contribution in [1.29, 1.82) is 0 Å². The molecule has 0 unspecified atom stereocenters. The van der Waals surface area contributed by atoms with Gasteiger partial charge in [-0.25, -0.2) is 0 Å². The molecule has 0 aliphatic rings. The summed E-state index contributed by atoms with van der Waals surface area (Å²) in [7, 11) is 0. The molecule has 0 N–H and O–H groups in total. The van der Waals surface area contributed by atoms with Crippen LogP contribution in [0.15, 0.2) is 24.3 Å². The SMILES string of the molecule is CCCC/C=C\C=C/CCCCCCCCBr. The van der Waals surface area contributed by atoms with Crippen molar-refractivity contribution in [3.8, 4) is 0 Å². The van der Waals surface area contributed by atoms with Crippen LogP contribution >= 0.6 is 15.9 Å². The molecular weight excluding hydrogens is 272 g/mol. The number of unbranched alkanes of at least 4 members (excludes halogenated alkanes) is 8. The van der Waals surface area contributed by atoms with Gasteiger partial charge in [0.2, 0.25) is 0 Å². The van der Waals surface area contributed by atoms with Gasteiger partial charge in [0.15, 0.2) is 0 Å². The second-order valence-corrected chi connectivity index (χ2v) is 5.39. The third-order valence-corrected chi connectivity index (χ3v) is 3.42. The minimum atomic E-state index is 1.17. The van der Waals surface area contributed by atoms with Crippen LogP contribution in [0.25, 0.3) is 0 Å². The van der Waals surface area contributed by atoms with Crippen LogP contribution in [0.5, 0.6) is 0 Å². The third-order valence-electron chi connectivity index (χ3n) is 2.86. The summed E-state index contributed by atoms with van der Waals surface area (Å²) in [4.78, 5) is 0. The van der Waals surface area contributed by atoms with Crippen LogP contribution in [-0.2, 0) is 0 Å². The van der Waals surface area contributed by atoms with E-state index in [1.54, 1.807) is 0 Å². The topological polar surface area (TPSA) is 0 Å². The molecule has 0 saturated heterocycles. The Morgan fingerprint density at radius 3 is 1.82 bits per heavy atom. The van der Waals surface area contributed by atoms with Crippen molar-refractivity contribution in [3.63, 3.8) is 0 Å². The molecule has 17 heavy (non-hydrogen) atoms. The average molecular weight is 301 g/mol. The number of hydrogen-bond donors (Lipinski definition) is 0. The van der Waals surface area contributed by atoms with Crippen molar-refractivity contribution in [2.45, 2.75) is 71.1 Å². The molecule has 0 nitrogen and oxygen atoms in total. The maximum absolute atomic E-state index is 3.47. The fraction of sp³-hybridized carbons (Fsp3) is 0.750. The summed E-state index contributed by atoms with van der Waals surface area (Å²) in [6.07, 6.45) is 22.4. The van der Waals surface area contributed by atoms with Crippen molar-refractivity contribution in [1.82, 2.24) is 0 Å². The Kier molecular flexibility index (Phi) is 15.9. The summed E-state index contributed by atoms with van der Waals surface area (Å²) in [5.41, 5.74) is 0. The van der Waals surface area contributed by atoms with E-state index in [1.807, 2.05) is 0 Å². The first-order valence-corrected chi connectivity index (χ1v) is 8.41. The first-order chi connectivity index (χ1) is 8.41. The molecule has 0 saturated carbocycles. The normalized spacial score (nSPS) is 11.9. The quantitative estimate of drug-likeness (QED) is 0.222. The summed E-state index contributed by atoms with van der Waals surface area (Å²) in [5, 5.41) is 1.17. The van der Waals surface area contributed by atoms with Gasteiger partial charge in [-0.1, -0.05) is 85.7 Å². The molecule has 0 aliphatic heterocycles. The Hall–Kier alpha value is -0.0400. The molecule has 1 heteroatoms. The van der Waals surface area contributed by atoms with E-state index in [-0.39, 0.29) is 0 Å². The molecular formula is C16H29Br. The van der Waals surface area contributed by atoms with Gasteiger partial charge in [-0.2, -0.15) is 0 Å². The molecule has 0 spiro atoms. The molecule has 0 aromatic heterocycles. The van der Waals surface area contributed by atoms with Crippen molar-refractivity contribution in [3.05, 3.63) is 24.3 Å². The highest BCUT2D eigenvalue weighted by molar-refractivity contribution is 9.09. The molecule has 0 amide bonds. The number of hydrogen-bond acceptors (Lipinski definition) is 0. The zero-order valence-electron chi connectivity index (χ0n) is 11.5. The largest absolute Gasteiger partial charge is 0.0928 e. The summed E-state index contributed by atoms with van der Waals surface area (Å²) in [5.74, 6) is 0. The fourth-order valence-electron chi connectivity index (χ4n) is 1.74. The van der Waals surface area contributed by atoms with Gasteiger partial charge in [-0.3, -0.25) is 0 Å². The van der Waals surface area contributed by atoms with Crippen LogP contribution in [0.1, 0.15) is 71.1 Å². The van der Waals surface area contributed by atoms with Gasteiger partial charge in [0.05, 0.1) is 0 Å².